The number of carbonyl (C=O) groups is 1. The summed E-state index contributed by atoms with van der Waals surface area (Å²) in [6, 6.07) is 0.476. The van der Waals surface area contributed by atoms with E-state index in [2.05, 4.69) is 31.4 Å². The minimum atomic E-state index is 0.0635. The SMILES string of the molecule is CCC(C)(C)C1CCC(NC(=O)C2CCCCN2)CC1. The van der Waals surface area contributed by atoms with Crippen molar-refractivity contribution in [1.82, 2.24) is 10.6 Å². The van der Waals surface area contributed by atoms with E-state index < -0.39 is 0 Å². The van der Waals surface area contributed by atoms with Gasteiger partial charge < -0.3 is 10.6 Å². The van der Waals surface area contributed by atoms with Gasteiger partial charge in [0.2, 0.25) is 5.91 Å². The van der Waals surface area contributed by atoms with E-state index >= 15 is 0 Å². The Morgan fingerprint density at radius 1 is 1.15 bits per heavy atom. The van der Waals surface area contributed by atoms with Crippen molar-refractivity contribution >= 4 is 5.91 Å². The van der Waals surface area contributed by atoms with Crippen molar-refractivity contribution < 1.29 is 4.79 Å². The molecule has 0 aromatic heterocycles. The van der Waals surface area contributed by atoms with E-state index in [0.717, 1.165) is 31.7 Å². The van der Waals surface area contributed by atoms with Gasteiger partial charge in [0.1, 0.15) is 0 Å². The van der Waals surface area contributed by atoms with Gasteiger partial charge in [-0.3, -0.25) is 4.79 Å². The molecule has 3 nitrogen and oxygen atoms in total. The minimum Gasteiger partial charge on any atom is -0.352 e. The van der Waals surface area contributed by atoms with Crippen molar-refractivity contribution in [3.8, 4) is 0 Å². The van der Waals surface area contributed by atoms with Gasteiger partial charge in [-0.05, 0) is 56.4 Å². The van der Waals surface area contributed by atoms with Gasteiger partial charge in [-0.2, -0.15) is 0 Å². The fourth-order valence-electron chi connectivity index (χ4n) is 3.69. The highest BCUT2D eigenvalue weighted by molar-refractivity contribution is 5.82. The summed E-state index contributed by atoms with van der Waals surface area (Å²) in [5.41, 5.74) is 0.458. The van der Waals surface area contributed by atoms with E-state index in [9.17, 15) is 4.79 Å². The standard InChI is InChI=1S/C17H32N2O/c1-4-17(2,3)13-8-10-14(11-9-13)19-16(20)15-7-5-6-12-18-15/h13-15,18H,4-12H2,1-3H3,(H,19,20). The second kappa shape index (κ2) is 6.93. The highest BCUT2D eigenvalue weighted by atomic mass is 16.2. The first kappa shape index (κ1) is 15.8. The van der Waals surface area contributed by atoms with Crippen LogP contribution in [0.2, 0.25) is 0 Å². The molecule has 1 amide bonds. The smallest absolute Gasteiger partial charge is 0.237 e. The van der Waals surface area contributed by atoms with Crippen LogP contribution in [0.1, 0.15) is 72.1 Å². The Bertz CT molecular complexity index is 313. The molecule has 2 N–H and O–H groups in total. The fraction of sp³-hybridized carbons (Fsp3) is 0.941. The van der Waals surface area contributed by atoms with E-state index in [-0.39, 0.29) is 11.9 Å². The fourth-order valence-corrected chi connectivity index (χ4v) is 3.69. The van der Waals surface area contributed by atoms with E-state index in [1.807, 2.05) is 0 Å². The predicted octanol–water partition coefficient (Wildman–Crippen LogP) is 3.24. The third-order valence-corrected chi connectivity index (χ3v) is 5.72. The van der Waals surface area contributed by atoms with Crippen LogP contribution in [0.15, 0.2) is 0 Å². The number of piperidine rings is 1. The normalized spacial score (nSPS) is 31.9. The third kappa shape index (κ3) is 3.97. The summed E-state index contributed by atoms with van der Waals surface area (Å²) in [4.78, 5) is 12.2. The molecule has 1 aliphatic heterocycles. The second-order valence-corrected chi connectivity index (χ2v) is 7.40. The molecule has 1 heterocycles. The Kier molecular flexibility index (Phi) is 5.48. The van der Waals surface area contributed by atoms with Gasteiger partial charge in [-0.25, -0.2) is 0 Å². The average molecular weight is 280 g/mol. The monoisotopic (exact) mass is 280 g/mol. The molecule has 1 aliphatic carbocycles. The molecular formula is C17H32N2O. The lowest BCUT2D eigenvalue weighted by Crippen LogP contribution is -2.50. The molecule has 0 aromatic carbocycles. The molecule has 1 unspecified atom stereocenters. The van der Waals surface area contributed by atoms with Crippen molar-refractivity contribution in [1.29, 1.82) is 0 Å². The van der Waals surface area contributed by atoms with Crippen LogP contribution >= 0.6 is 0 Å². The largest absolute Gasteiger partial charge is 0.352 e. The number of carbonyl (C=O) groups excluding carboxylic acids is 1. The second-order valence-electron chi connectivity index (χ2n) is 7.40. The van der Waals surface area contributed by atoms with E-state index in [1.165, 1.54) is 32.1 Å². The molecule has 0 spiro atoms. The maximum atomic E-state index is 12.2. The number of amides is 1. The summed E-state index contributed by atoms with van der Waals surface area (Å²) in [7, 11) is 0. The zero-order valence-corrected chi connectivity index (χ0v) is 13.5. The van der Waals surface area contributed by atoms with Crippen molar-refractivity contribution in [2.75, 3.05) is 6.54 Å². The van der Waals surface area contributed by atoms with Gasteiger partial charge in [0.05, 0.1) is 6.04 Å². The van der Waals surface area contributed by atoms with E-state index in [4.69, 9.17) is 0 Å². The summed E-state index contributed by atoms with van der Waals surface area (Å²) in [6.07, 6.45) is 9.50. The minimum absolute atomic E-state index is 0.0635. The van der Waals surface area contributed by atoms with Gasteiger partial charge in [-0.15, -0.1) is 0 Å². The maximum Gasteiger partial charge on any atom is 0.237 e. The molecule has 3 heteroatoms. The Balaban J connectivity index is 1.75. The molecule has 116 valence electrons. The highest BCUT2D eigenvalue weighted by Crippen LogP contribution is 2.40. The van der Waals surface area contributed by atoms with Crippen LogP contribution in [0.5, 0.6) is 0 Å². The van der Waals surface area contributed by atoms with Crippen LogP contribution in [-0.4, -0.2) is 24.5 Å². The molecule has 20 heavy (non-hydrogen) atoms. The lowest BCUT2D eigenvalue weighted by molar-refractivity contribution is -0.124. The Morgan fingerprint density at radius 3 is 2.40 bits per heavy atom. The lowest BCUT2D eigenvalue weighted by atomic mass is 9.69. The average Bonchev–Trinajstić information content (AvgIpc) is 2.48. The Labute approximate surface area is 124 Å². The van der Waals surface area contributed by atoms with Crippen molar-refractivity contribution in [2.24, 2.45) is 11.3 Å². The van der Waals surface area contributed by atoms with Gasteiger partial charge in [0.25, 0.3) is 0 Å². The zero-order valence-electron chi connectivity index (χ0n) is 13.5. The Morgan fingerprint density at radius 2 is 1.85 bits per heavy atom. The summed E-state index contributed by atoms with van der Waals surface area (Å²) in [5, 5.41) is 6.62. The molecule has 1 atom stereocenters. The predicted molar refractivity (Wildman–Crippen MR) is 83.6 cm³/mol. The van der Waals surface area contributed by atoms with Gasteiger partial charge >= 0.3 is 0 Å². The molecule has 0 bridgehead atoms. The van der Waals surface area contributed by atoms with Crippen LogP contribution in [0.3, 0.4) is 0 Å². The molecule has 2 rings (SSSR count). The van der Waals surface area contributed by atoms with Crippen molar-refractivity contribution in [2.45, 2.75) is 84.2 Å². The lowest BCUT2D eigenvalue weighted by Gasteiger charge is -2.39. The van der Waals surface area contributed by atoms with Crippen LogP contribution in [-0.2, 0) is 4.79 Å². The molecule has 0 aromatic rings. The van der Waals surface area contributed by atoms with Crippen molar-refractivity contribution in [3.63, 3.8) is 0 Å². The summed E-state index contributed by atoms with van der Waals surface area (Å²) in [5.74, 6) is 1.07. The quantitative estimate of drug-likeness (QED) is 0.830. The molecule has 2 fully saturated rings. The van der Waals surface area contributed by atoms with Crippen LogP contribution < -0.4 is 10.6 Å². The van der Waals surface area contributed by atoms with Gasteiger partial charge in [0.15, 0.2) is 0 Å². The van der Waals surface area contributed by atoms with Gasteiger partial charge in [0, 0.05) is 6.04 Å². The molecule has 1 saturated heterocycles. The Hall–Kier alpha value is -0.570. The topological polar surface area (TPSA) is 41.1 Å². The molecular weight excluding hydrogens is 248 g/mol. The van der Waals surface area contributed by atoms with Gasteiger partial charge in [-0.1, -0.05) is 33.6 Å². The summed E-state index contributed by atoms with van der Waals surface area (Å²) >= 11 is 0. The summed E-state index contributed by atoms with van der Waals surface area (Å²) in [6.45, 7) is 8.07. The molecule has 0 radical (unpaired) electrons. The zero-order chi connectivity index (χ0) is 14.6. The van der Waals surface area contributed by atoms with E-state index in [1.54, 1.807) is 0 Å². The first-order valence-corrected chi connectivity index (χ1v) is 8.56. The highest BCUT2D eigenvalue weighted by Gasteiger charge is 2.32. The number of hydrogen-bond donors (Lipinski definition) is 2. The van der Waals surface area contributed by atoms with Crippen LogP contribution in [0.25, 0.3) is 0 Å². The number of nitrogens with one attached hydrogen (secondary N) is 2. The summed E-state index contributed by atoms with van der Waals surface area (Å²) < 4.78 is 0. The maximum absolute atomic E-state index is 12.2. The molecule has 2 aliphatic rings. The first-order valence-electron chi connectivity index (χ1n) is 8.56. The van der Waals surface area contributed by atoms with Crippen LogP contribution in [0.4, 0.5) is 0 Å². The number of rotatable bonds is 4. The van der Waals surface area contributed by atoms with E-state index in [0.29, 0.717) is 11.5 Å². The van der Waals surface area contributed by atoms with Crippen LogP contribution in [0, 0.1) is 11.3 Å². The molecule has 1 saturated carbocycles. The third-order valence-electron chi connectivity index (χ3n) is 5.72. The first-order chi connectivity index (χ1) is 9.53. The van der Waals surface area contributed by atoms with Crippen molar-refractivity contribution in [3.05, 3.63) is 0 Å². The number of hydrogen-bond acceptors (Lipinski definition) is 2.